The van der Waals surface area contributed by atoms with E-state index in [9.17, 15) is 18.0 Å². The van der Waals surface area contributed by atoms with Crippen LogP contribution in [0.2, 0.25) is 0 Å². The van der Waals surface area contributed by atoms with E-state index in [0.29, 0.717) is 6.07 Å². The SMILES string of the molecule is CC(C)(NC(=O)c1ccc(F)c(F)c1F)c1ccncc1. The highest BCUT2D eigenvalue weighted by Gasteiger charge is 2.26. The third-order valence-corrected chi connectivity index (χ3v) is 3.11. The molecular weight excluding hydrogens is 281 g/mol. The Hall–Kier alpha value is -2.37. The average Bonchev–Trinajstić information content (AvgIpc) is 2.45. The molecule has 0 aliphatic carbocycles. The number of pyridine rings is 1. The van der Waals surface area contributed by atoms with Gasteiger partial charge in [0, 0.05) is 12.4 Å². The summed E-state index contributed by atoms with van der Waals surface area (Å²) in [7, 11) is 0. The smallest absolute Gasteiger partial charge is 0.255 e. The fourth-order valence-corrected chi connectivity index (χ4v) is 1.89. The van der Waals surface area contributed by atoms with Crippen molar-refractivity contribution in [2.45, 2.75) is 19.4 Å². The second-order valence-corrected chi connectivity index (χ2v) is 5.04. The van der Waals surface area contributed by atoms with Crippen LogP contribution >= 0.6 is 0 Å². The van der Waals surface area contributed by atoms with Crippen LogP contribution in [-0.4, -0.2) is 10.9 Å². The first-order chi connectivity index (χ1) is 9.83. The van der Waals surface area contributed by atoms with Crippen molar-refractivity contribution in [3.63, 3.8) is 0 Å². The van der Waals surface area contributed by atoms with Gasteiger partial charge in [-0.3, -0.25) is 9.78 Å². The summed E-state index contributed by atoms with van der Waals surface area (Å²) in [6.07, 6.45) is 3.11. The lowest BCUT2D eigenvalue weighted by molar-refractivity contribution is 0.0906. The number of nitrogens with zero attached hydrogens (tertiary/aromatic N) is 1. The second kappa shape index (κ2) is 5.55. The van der Waals surface area contributed by atoms with E-state index < -0.39 is 34.5 Å². The van der Waals surface area contributed by atoms with Gasteiger partial charge >= 0.3 is 0 Å². The summed E-state index contributed by atoms with van der Waals surface area (Å²) in [4.78, 5) is 15.9. The molecule has 1 amide bonds. The minimum absolute atomic E-state index is 0.545. The van der Waals surface area contributed by atoms with Gasteiger partial charge in [-0.15, -0.1) is 0 Å². The molecule has 0 spiro atoms. The normalized spacial score (nSPS) is 11.3. The van der Waals surface area contributed by atoms with Gasteiger partial charge in [-0.1, -0.05) is 0 Å². The minimum atomic E-state index is -1.66. The Morgan fingerprint density at radius 3 is 2.29 bits per heavy atom. The summed E-state index contributed by atoms with van der Waals surface area (Å²) >= 11 is 0. The van der Waals surface area contributed by atoms with Gasteiger partial charge in [0.1, 0.15) is 0 Å². The summed E-state index contributed by atoms with van der Waals surface area (Å²) in [5.74, 6) is -5.33. The number of hydrogen-bond donors (Lipinski definition) is 1. The molecule has 110 valence electrons. The first-order valence-corrected chi connectivity index (χ1v) is 6.19. The standard InChI is InChI=1S/C15H13F3N2O/c1-15(2,9-5-7-19-8-6-9)20-14(21)10-3-4-11(16)13(18)12(10)17/h3-8H,1-2H3,(H,20,21). The fourth-order valence-electron chi connectivity index (χ4n) is 1.89. The van der Waals surface area contributed by atoms with Crippen molar-refractivity contribution in [2.75, 3.05) is 0 Å². The summed E-state index contributed by atoms with van der Waals surface area (Å²) in [5, 5.41) is 2.58. The van der Waals surface area contributed by atoms with Crippen LogP contribution in [0.3, 0.4) is 0 Å². The number of halogens is 3. The van der Waals surface area contributed by atoms with Crippen LogP contribution in [0, 0.1) is 17.5 Å². The second-order valence-electron chi connectivity index (χ2n) is 5.04. The lowest BCUT2D eigenvalue weighted by atomic mass is 9.95. The fraction of sp³-hybridized carbons (Fsp3) is 0.200. The Balaban J connectivity index is 2.28. The number of rotatable bonds is 3. The Morgan fingerprint density at radius 2 is 1.67 bits per heavy atom. The molecule has 1 N–H and O–H groups in total. The number of aromatic nitrogens is 1. The first kappa shape index (κ1) is 15.0. The highest BCUT2D eigenvalue weighted by molar-refractivity contribution is 5.95. The van der Waals surface area contributed by atoms with E-state index in [2.05, 4.69) is 10.3 Å². The number of hydrogen-bond acceptors (Lipinski definition) is 2. The first-order valence-electron chi connectivity index (χ1n) is 6.19. The lowest BCUT2D eigenvalue weighted by Crippen LogP contribution is -2.41. The van der Waals surface area contributed by atoms with Gasteiger partial charge < -0.3 is 5.32 Å². The van der Waals surface area contributed by atoms with Gasteiger partial charge in [-0.2, -0.15) is 0 Å². The molecule has 3 nitrogen and oxygen atoms in total. The Bertz CT molecular complexity index is 672. The molecule has 1 aromatic carbocycles. The predicted molar refractivity (Wildman–Crippen MR) is 71.0 cm³/mol. The number of amides is 1. The van der Waals surface area contributed by atoms with Crippen molar-refractivity contribution in [1.82, 2.24) is 10.3 Å². The highest BCUT2D eigenvalue weighted by atomic mass is 19.2. The van der Waals surface area contributed by atoms with Crippen LogP contribution in [0.5, 0.6) is 0 Å². The van der Waals surface area contributed by atoms with Crippen LogP contribution in [0.15, 0.2) is 36.7 Å². The molecule has 0 bridgehead atoms. The monoisotopic (exact) mass is 294 g/mol. The number of benzene rings is 1. The van der Waals surface area contributed by atoms with E-state index >= 15 is 0 Å². The van der Waals surface area contributed by atoms with Gasteiger partial charge in [-0.25, -0.2) is 13.2 Å². The van der Waals surface area contributed by atoms with Crippen molar-refractivity contribution >= 4 is 5.91 Å². The molecule has 0 atom stereocenters. The summed E-state index contributed by atoms with van der Waals surface area (Å²) in [6, 6.07) is 5.02. The maximum Gasteiger partial charge on any atom is 0.255 e. The minimum Gasteiger partial charge on any atom is -0.343 e. The molecule has 0 aliphatic heterocycles. The van der Waals surface area contributed by atoms with Gasteiger partial charge in [0.25, 0.3) is 5.91 Å². The quantitative estimate of drug-likeness (QED) is 0.884. The maximum absolute atomic E-state index is 13.6. The zero-order valence-electron chi connectivity index (χ0n) is 11.5. The topological polar surface area (TPSA) is 42.0 Å². The predicted octanol–water partition coefficient (Wildman–Crippen LogP) is 3.16. The van der Waals surface area contributed by atoms with E-state index in [-0.39, 0.29) is 0 Å². The van der Waals surface area contributed by atoms with Crippen molar-refractivity contribution in [3.8, 4) is 0 Å². The number of carbonyl (C=O) groups is 1. The van der Waals surface area contributed by atoms with Crippen molar-refractivity contribution < 1.29 is 18.0 Å². The maximum atomic E-state index is 13.6. The molecule has 0 saturated heterocycles. The molecule has 0 saturated carbocycles. The Morgan fingerprint density at radius 1 is 1.05 bits per heavy atom. The van der Waals surface area contributed by atoms with Crippen LogP contribution in [0.4, 0.5) is 13.2 Å². The van der Waals surface area contributed by atoms with E-state index in [4.69, 9.17) is 0 Å². The Labute approximate surface area is 119 Å². The zero-order valence-corrected chi connectivity index (χ0v) is 11.5. The molecule has 21 heavy (non-hydrogen) atoms. The third kappa shape index (κ3) is 3.04. The molecule has 0 radical (unpaired) electrons. The highest BCUT2D eigenvalue weighted by Crippen LogP contribution is 2.21. The molecule has 6 heteroatoms. The molecule has 0 aliphatic rings. The van der Waals surface area contributed by atoms with Crippen molar-refractivity contribution in [2.24, 2.45) is 0 Å². The number of nitrogens with one attached hydrogen (secondary N) is 1. The van der Waals surface area contributed by atoms with Crippen LogP contribution < -0.4 is 5.32 Å². The largest absolute Gasteiger partial charge is 0.343 e. The molecular formula is C15H13F3N2O. The molecule has 1 heterocycles. The molecule has 1 aromatic heterocycles. The molecule has 0 unspecified atom stereocenters. The summed E-state index contributed by atoms with van der Waals surface area (Å²) in [5.41, 5.74) is -0.623. The molecule has 2 aromatic rings. The lowest BCUT2D eigenvalue weighted by Gasteiger charge is -2.26. The third-order valence-electron chi connectivity index (χ3n) is 3.11. The summed E-state index contributed by atoms with van der Waals surface area (Å²) in [6.45, 7) is 3.41. The van der Waals surface area contributed by atoms with Gasteiger partial charge in [0.15, 0.2) is 17.5 Å². The van der Waals surface area contributed by atoms with E-state index in [0.717, 1.165) is 11.6 Å². The average molecular weight is 294 g/mol. The van der Waals surface area contributed by atoms with E-state index in [1.54, 1.807) is 38.4 Å². The van der Waals surface area contributed by atoms with Gasteiger partial charge in [0.2, 0.25) is 0 Å². The van der Waals surface area contributed by atoms with E-state index in [1.165, 1.54) is 0 Å². The Kier molecular flexibility index (Phi) is 3.97. The van der Waals surface area contributed by atoms with E-state index in [1.807, 2.05) is 0 Å². The zero-order chi connectivity index (χ0) is 15.6. The van der Waals surface area contributed by atoms with Gasteiger partial charge in [-0.05, 0) is 43.7 Å². The van der Waals surface area contributed by atoms with Crippen LogP contribution in [-0.2, 0) is 5.54 Å². The number of carbonyl (C=O) groups excluding carboxylic acids is 1. The van der Waals surface area contributed by atoms with Gasteiger partial charge in [0.05, 0.1) is 11.1 Å². The molecule has 2 rings (SSSR count). The van der Waals surface area contributed by atoms with Crippen molar-refractivity contribution in [3.05, 3.63) is 65.2 Å². The summed E-state index contributed by atoms with van der Waals surface area (Å²) < 4.78 is 39.6. The van der Waals surface area contributed by atoms with Crippen molar-refractivity contribution in [1.29, 1.82) is 0 Å². The van der Waals surface area contributed by atoms with Crippen LogP contribution in [0.25, 0.3) is 0 Å². The van der Waals surface area contributed by atoms with Crippen LogP contribution in [0.1, 0.15) is 29.8 Å². The molecule has 0 fully saturated rings.